The van der Waals surface area contributed by atoms with Gasteiger partial charge in [0, 0.05) is 25.7 Å². The molecule has 1 amide bonds. The summed E-state index contributed by atoms with van der Waals surface area (Å²) in [6.07, 6.45) is 1.69. The Morgan fingerprint density at radius 3 is 2.86 bits per heavy atom. The summed E-state index contributed by atoms with van der Waals surface area (Å²) >= 11 is 0. The molecule has 1 aliphatic rings. The van der Waals surface area contributed by atoms with E-state index in [0.717, 1.165) is 13.1 Å². The Balaban J connectivity index is 2.33. The standard InChI is InChI=1S/C10H19N3O/c1-4-5-12-10(14)8(2)13(3)9-6-11-7-9/h4,8-9,11H,1,5-7H2,2-3H3,(H,12,14). The summed E-state index contributed by atoms with van der Waals surface area (Å²) in [5.74, 6) is 0.0688. The summed E-state index contributed by atoms with van der Waals surface area (Å²) in [6, 6.07) is 0.432. The second-order valence-electron chi connectivity index (χ2n) is 3.69. The van der Waals surface area contributed by atoms with Gasteiger partial charge in [0.1, 0.15) is 0 Å². The van der Waals surface area contributed by atoms with E-state index in [2.05, 4.69) is 22.1 Å². The molecule has 0 spiro atoms. The van der Waals surface area contributed by atoms with Crippen LogP contribution in [-0.2, 0) is 4.79 Å². The molecule has 0 aromatic rings. The van der Waals surface area contributed by atoms with Crippen LogP contribution in [0.5, 0.6) is 0 Å². The van der Waals surface area contributed by atoms with Crippen molar-refractivity contribution in [2.75, 3.05) is 26.7 Å². The SMILES string of the molecule is C=CCNC(=O)C(C)N(C)C1CNC1. The Hall–Kier alpha value is -0.870. The van der Waals surface area contributed by atoms with E-state index in [1.807, 2.05) is 14.0 Å². The van der Waals surface area contributed by atoms with Crippen molar-refractivity contribution in [2.45, 2.75) is 19.0 Å². The van der Waals surface area contributed by atoms with Crippen LogP contribution in [0.25, 0.3) is 0 Å². The molecule has 0 aliphatic carbocycles. The second kappa shape index (κ2) is 5.12. The van der Waals surface area contributed by atoms with Crippen LogP contribution in [-0.4, -0.2) is 49.6 Å². The minimum absolute atomic E-state index is 0.0675. The molecule has 1 heterocycles. The lowest BCUT2D eigenvalue weighted by molar-refractivity contribution is -0.126. The molecule has 0 aromatic heterocycles. The van der Waals surface area contributed by atoms with E-state index < -0.39 is 0 Å². The molecular formula is C10H19N3O. The predicted molar refractivity (Wildman–Crippen MR) is 57.1 cm³/mol. The molecule has 1 rings (SSSR count). The zero-order valence-electron chi connectivity index (χ0n) is 8.92. The van der Waals surface area contributed by atoms with Gasteiger partial charge in [-0.15, -0.1) is 6.58 Å². The fourth-order valence-corrected chi connectivity index (χ4v) is 1.38. The first-order valence-corrected chi connectivity index (χ1v) is 4.98. The summed E-state index contributed by atoms with van der Waals surface area (Å²) < 4.78 is 0. The van der Waals surface area contributed by atoms with Gasteiger partial charge in [0.05, 0.1) is 6.04 Å². The van der Waals surface area contributed by atoms with Crippen LogP contribution >= 0.6 is 0 Å². The largest absolute Gasteiger partial charge is 0.351 e. The number of amides is 1. The Bertz CT molecular complexity index is 213. The molecule has 80 valence electrons. The van der Waals surface area contributed by atoms with Crippen LogP contribution in [0.1, 0.15) is 6.92 Å². The van der Waals surface area contributed by atoms with E-state index in [-0.39, 0.29) is 11.9 Å². The molecule has 1 unspecified atom stereocenters. The molecule has 1 saturated heterocycles. The van der Waals surface area contributed by atoms with Gasteiger partial charge in [-0.1, -0.05) is 6.08 Å². The summed E-state index contributed by atoms with van der Waals surface area (Å²) in [5, 5.41) is 5.99. The molecule has 14 heavy (non-hydrogen) atoms. The summed E-state index contributed by atoms with van der Waals surface area (Å²) in [7, 11) is 1.99. The van der Waals surface area contributed by atoms with Gasteiger partial charge in [-0.2, -0.15) is 0 Å². The number of likely N-dealkylation sites (N-methyl/N-ethyl adjacent to an activating group) is 1. The minimum atomic E-state index is -0.0675. The van der Waals surface area contributed by atoms with Crippen molar-refractivity contribution in [2.24, 2.45) is 0 Å². The number of carbonyl (C=O) groups excluding carboxylic acids is 1. The first-order chi connectivity index (χ1) is 6.66. The van der Waals surface area contributed by atoms with Crippen molar-refractivity contribution in [1.29, 1.82) is 0 Å². The van der Waals surface area contributed by atoms with Crippen molar-refractivity contribution >= 4 is 5.91 Å². The molecule has 1 fully saturated rings. The number of carbonyl (C=O) groups is 1. The highest BCUT2D eigenvalue weighted by molar-refractivity contribution is 5.81. The van der Waals surface area contributed by atoms with Gasteiger partial charge in [0.2, 0.25) is 5.91 Å². The van der Waals surface area contributed by atoms with Crippen molar-refractivity contribution < 1.29 is 4.79 Å². The van der Waals surface area contributed by atoms with Crippen LogP contribution in [0, 0.1) is 0 Å². The molecular weight excluding hydrogens is 178 g/mol. The highest BCUT2D eigenvalue weighted by Gasteiger charge is 2.28. The van der Waals surface area contributed by atoms with Crippen LogP contribution in [0.2, 0.25) is 0 Å². The van der Waals surface area contributed by atoms with Crippen LogP contribution < -0.4 is 10.6 Å². The van der Waals surface area contributed by atoms with Gasteiger partial charge in [-0.25, -0.2) is 0 Å². The highest BCUT2D eigenvalue weighted by Crippen LogP contribution is 2.06. The van der Waals surface area contributed by atoms with Gasteiger partial charge in [0.25, 0.3) is 0 Å². The van der Waals surface area contributed by atoms with E-state index in [0.29, 0.717) is 12.6 Å². The van der Waals surface area contributed by atoms with Crippen molar-refractivity contribution in [3.8, 4) is 0 Å². The van der Waals surface area contributed by atoms with Gasteiger partial charge < -0.3 is 10.6 Å². The summed E-state index contributed by atoms with van der Waals surface area (Å²) in [4.78, 5) is 13.7. The zero-order valence-corrected chi connectivity index (χ0v) is 8.92. The van der Waals surface area contributed by atoms with E-state index >= 15 is 0 Å². The summed E-state index contributed by atoms with van der Waals surface area (Å²) in [5.41, 5.74) is 0. The van der Waals surface area contributed by atoms with Crippen LogP contribution in [0.15, 0.2) is 12.7 Å². The third-order valence-electron chi connectivity index (χ3n) is 2.75. The average Bonchev–Trinajstić information content (AvgIpc) is 2.10. The molecule has 0 radical (unpaired) electrons. The molecule has 1 aliphatic heterocycles. The topological polar surface area (TPSA) is 44.4 Å². The number of hydrogen-bond donors (Lipinski definition) is 2. The maximum absolute atomic E-state index is 11.6. The van der Waals surface area contributed by atoms with Crippen molar-refractivity contribution in [1.82, 2.24) is 15.5 Å². The summed E-state index contributed by atoms with van der Waals surface area (Å²) in [6.45, 7) is 7.99. The van der Waals surface area contributed by atoms with E-state index in [4.69, 9.17) is 0 Å². The number of rotatable bonds is 5. The Morgan fingerprint density at radius 1 is 1.79 bits per heavy atom. The van der Waals surface area contributed by atoms with Crippen molar-refractivity contribution in [3.63, 3.8) is 0 Å². The molecule has 4 heteroatoms. The monoisotopic (exact) mass is 197 g/mol. The lowest BCUT2D eigenvalue weighted by atomic mass is 10.1. The van der Waals surface area contributed by atoms with Gasteiger partial charge in [-0.3, -0.25) is 9.69 Å². The van der Waals surface area contributed by atoms with E-state index in [9.17, 15) is 4.79 Å². The molecule has 0 saturated carbocycles. The fourth-order valence-electron chi connectivity index (χ4n) is 1.38. The maximum Gasteiger partial charge on any atom is 0.237 e. The minimum Gasteiger partial charge on any atom is -0.351 e. The van der Waals surface area contributed by atoms with Crippen LogP contribution in [0.3, 0.4) is 0 Å². The van der Waals surface area contributed by atoms with E-state index in [1.165, 1.54) is 0 Å². The smallest absolute Gasteiger partial charge is 0.237 e. The average molecular weight is 197 g/mol. The number of hydrogen-bond acceptors (Lipinski definition) is 3. The first-order valence-electron chi connectivity index (χ1n) is 4.98. The Labute approximate surface area is 85.3 Å². The third kappa shape index (κ3) is 2.56. The molecule has 0 bridgehead atoms. The second-order valence-corrected chi connectivity index (χ2v) is 3.69. The molecule has 2 N–H and O–H groups in total. The lowest BCUT2D eigenvalue weighted by Crippen LogP contribution is -2.60. The first kappa shape index (κ1) is 11.2. The lowest BCUT2D eigenvalue weighted by Gasteiger charge is -2.38. The van der Waals surface area contributed by atoms with Gasteiger partial charge in [0.15, 0.2) is 0 Å². The fraction of sp³-hybridized carbons (Fsp3) is 0.700. The van der Waals surface area contributed by atoms with Gasteiger partial charge >= 0.3 is 0 Å². The Kier molecular flexibility index (Phi) is 4.10. The molecule has 0 aromatic carbocycles. The quantitative estimate of drug-likeness (QED) is 0.588. The number of nitrogens with one attached hydrogen (secondary N) is 2. The number of nitrogens with zero attached hydrogens (tertiary/aromatic N) is 1. The van der Waals surface area contributed by atoms with Crippen LogP contribution in [0.4, 0.5) is 0 Å². The maximum atomic E-state index is 11.6. The van der Waals surface area contributed by atoms with E-state index in [1.54, 1.807) is 6.08 Å². The third-order valence-corrected chi connectivity index (χ3v) is 2.75. The van der Waals surface area contributed by atoms with Crippen molar-refractivity contribution in [3.05, 3.63) is 12.7 Å². The molecule has 4 nitrogen and oxygen atoms in total. The zero-order chi connectivity index (χ0) is 10.6. The normalized spacial score (nSPS) is 18.8. The molecule has 1 atom stereocenters. The highest BCUT2D eigenvalue weighted by atomic mass is 16.2. The predicted octanol–water partition coefficient (Wildman–Crippen LogP) is -0.419. The Morgan fingerprint density at radius 2 is 2.43 bits per heavy atom. The van der Waals surface area contributed by atoms with Gasteiger partial charge in [-0.05, 0) is 14.0 Å².